The van der Waals surface area contributed by atoms with E-state index >= 15 is 0 Å². The zero-order valence-electron chi connectivity index (χ0n) is 5.00. The molecule has 0 saturated heterocycles. The molecule has 0 atom stereocenters. The van der Waals surface area contributed by atoms with Crippen molar-refractivity contribution in [1.82, 2.24) is 0 Å². The number of halogens is 3. The van der Waals surface area contributed by atoms with Gasteiger partial charge in [0.05, 0.1) is 5.57 Å². The first kappa shape index (κ1) is 7.38. The molecule has 1 aliphatic carbocycles. The van der Waals surface area contributed by atoms with Crippen LogP contribution < -0.4 is 0 Å². The van der Waals surface area contributed by atoms with E-state index in [0.29, 0.717) is 6.42 Å². The number of allylic oxidation sites excluding steroid dienone is 4. The van der Waals surface area contributed by atoms with E-state index in [9.17, 15) is 13.2 Å². The minimum atomic E-state index is -4.27. The Labute approximate surface area is 57.0 Å². The summed E-state index contributed by atoms with van der Waals surface area (Å²) in [6, 6.07) is 0. The van der Waals surface area contributed by atoms with Crippen LogP contribution in [0.4, 0.5) is 13.2 Å². The summed E-state index contributed by atoms with van der Waals surface area (Å²) in [6.07, 6.45) is 2.92. The topological polar surface area (TPSA) is 0 Å². The van der Waals surface area contributed by atoms with Crippen molar-refractivity contribution in [1.29, 1.82) is 0 Å². The number of alkyl halides is 3. The predicted octanol–water partition coefficient (Wildman–Crippen LogP) is 2.32. The molecule has 0 bridgehead atoms. The van der Waals surface area contributed by atoms with Gasteiger partial charge in [-0.25, -0.2) is 0 Å². The molecule has 0 N–H and O–H groups in total. The third-order valence-corrected chi connectivity index (χ3v) is 1.03. The molecule has 53 valence electrons. The van der Waals surface area contributed by atoms with E-state index in [1.54, 1.807) is 0 Å². The molecule has 0 aromatic rings. The SMILES string of the molecule is FC(F)(F)C1=[C][C]CC=C1. The highest BCUT2D eigenvalue weighted by atomic mass is 19.4. The third-order valence-electron chi connectivity index (χ3n) is 1.03. The van der Waals surface area contributed by atoms with Gasteiger partial charge in [-0.3, -0.25) is 0 Å². The molecule has 0 heterocycles. The first-order valence-corrected chi connectivity index (χ1v) is 2.70. The highest BCUT2D eigenvalue weighted by Gasteiger charge is 2.32. The lowest BCUT2D eigenvalue weighted by molar-refractivity contribution is -0.0888. The lowest BCUT2D eigenvalue weighted by atomic mass is 10.1. The maximum Gasteiger partial charge on any atom is 0.416 e. The molecule has 0 unspecified atom stereocenters. The van der Waals surface area contributed by atoms with Crippen LogP contribution in [-0.4, -0.2) is 6.18 Å². The van der Waals surface area contributed by atoms with Gasteiger partial charge in [-0.2, -0.15) is 13.2 Å². The Balaban J connectivity index is 2.73. The molecule has 3 heteroatoms. The quantitative estimate of drug-likeness (QED) is 0.490. The molecule has 0 fully saturated rings. The van der Waals surface area contributed by atoms with Crippen LogP contribution >= 0.6 is 0 Å². The summed E-state index contributed by atoms with van der Waals surface area (Å²) in [4.78, 5) is 0. The molecule has 10 heavy (non-hydrogen) atoms. The summed E-state index contributed by atoms with van der Waals surface area (Å²) in [5.41, 5.74) is -0.751. The lowest BCUT2D eigenvalue weighted by Crippen LogP contribution is -2.11. The van der Waals surface area contributed by atoms with Gasteiger partial charge in [0, 0.05) is 6.42 Å². The molecular formula is C7H4F3. The van der Waals surface area contributed by atoms with Crippen LogP contribution in [0, 0.1) is 12.5 Å². The fraction of sp³-hybridized carbons (Fsp3) is 0.286. The van der Waals surface area contributed by atoms with Gasteiger partial charge in [-0.15, -0.1) is 0 Å². The normalized spacial score (nSPS) is 18.9. The minimum Gasteiger partial charge on any atom is -0.166 e. The second-order valence-corrected chi connectivity index (χ2v) is 1.82. The number of hydrogen-bond acceptors (Lipinski definition) is 0. The third kappa shape index (κ3) is 1.62. The lowest BCUT2D eigenvalue weighted by Gasteiger charge is -2.08. The summed E-state index contributed by atoms with van der Waals surface area (Å²) >= 11 is 0. The van der Waals surface area contributed by atoms with Gasteiger partial charge >= 0.3 is 6.18 Å². The van der Waals surface area contributed by atoms with Crippen LogP contribution in [0.1, 0.15) is 6.42 Å². The van der Waals surface area contributed by atoms with Crippen LogP contribution in [0.5, 0.6) is 0 Å². The first-order valence-electron chi connectivity index (χ1n) is 2.70. The van der Waals surface area contributed by atoms with Crippen molar-refractivity contribution < 1.29 is 13.2 Å². The van der Waals surface area contributed by atoms with Gasteiger partial charge in [-0.1, -0.05) is 12.2 Å². The van der Waals surface area contributed by atoms with Crippen molar-refractivity contribution in [3.63, 3.8) is 0 Å². The van der Waals surface area contributed by atoms with Crippen molar-refractivity contribution in [2.24, 2.45) is 0 Å². The zero-order valence-corrected chi connectivity index (χ0v) is 5.00. The molecule has 0 nitrogen and oxygen atoms in total. The van der Waals surface area contributed by atoms with Crippen molar-refractivity contribution >= 4 is 0 Å². The highest BCUT2D eigenvalue weighted by molar-refractivity contribution is 5.26. The molecule has 1 aliphatic rings. The maximum absolute atomic E-state index is 11.8. The Hall–Kier alpha value is -0.730. The summed E-state index contributed by atoms with van der Waals surface area (Å²) in [5.74, 6) is 0. The summed E-state index contributed by atoms with van der Waals surface area (Å²) in [5, 5.41) is 0. The van der Waals surface area contributed by atoms with E-state index in [1.807, 2.05) is 6.08 Å². The molecule has 0 aliphatic heterocycles. The molecule has 0 saturated carbocycles. The number of hydrogen-bond donors (Lipinski definition) is 0. The van der Waals surface area contributed by atoms with Crippen LogP contribution in [0.2, 0.25) is 0 Å². The van der Waals surface area contributed by atoms with Gasteiger partial charge in [0.25, 0.3) is 0 Å². The molecule has 3 radical (unpaired) electrons. The van der Waals surface area contributed by atoms with Gasteiger partial charge in [-0.05, 0) is 12.5 Å². The van der Waals surface area contributed by atoms with E-state index < -0.39 is 11.7 Å². The molecular weight excluding hydrogens is 141 g/mol. The van der Waals surface area contributed by atoms with E-state index in [-0.39, 0.29) is 0 Å². The first-order chi connectivity index (χ1) is 4.61. The Morgan fingerprint density at radius 1 is 1.40 bits per heavy atom. The van der Waals surface area contributed by atoms with Crippen LogP contribution in [0.25, 0.3) is 0 Å². The van der Waals surface area contributed by atoms with Crippen molar-refractivity contribution in [3.8, 4) is 0 Å². The summed E-state index contributed by atoms with van der Waals surface area (Å²) in [6.45, 7) is 0. The van der Waals surface area contributed by atoms with Gasteiger partial charge in [0.2, 0.25) is 0 Å². The largest absolute Gasteiger partial charge is 0.416 e. The zero-order chi connectivity index (χ0) is 7.61. The monoisotopic (exact) mass is 145 g/mol. The van der Waals surface area contributed by atoms with E-state index in [0.717, 1.165) is 6.08 Å². The van der Waals surface area contributed by atoms with Crippen LogP contribution in [-0.2, 0) is 0 Å². The fourth-order valence-corrected chi connectivity index (χ4v) is 0.589. The highest BCUT2D eigenvalue weighted by Crippen LogP contribution is 2.28. The van der Waals surface area contributed by atoms with E-state index in [2.05, 4.69) is 6.42 Å². The number of rotatable bonds is 0. The van der Waals surface area contributed by atoms with E-state index in [4.69, 9.17) is 0 Å². The Bertz CT molecular complexity index is 174. The standard InChI is InChI=1S/C7H4F3/c8-7(9,10)6-4-2-1-3-5-6/h2,4H,1H2. The Morgan fingerprint density at radius 2 is 2.10 bits per heavy atom. The maximum atomic E-state index is 11.8. The second kappa shape index (κ2) is 2.48. The average Bonchev–Trinajstić information content (AvgIpc) is 1.88. The average molecular weight is 145 g/mol. The van der Waals surface area contributed by atoms with E-state index in [1.165, 1.54) is 6.08 Å². The minimum absolute atomic E-state index is 0.416. The molecule has 0 amide bonds. The van der Waals surface area contributed by atoms with Crippen molar-refractivity contribution in [3.05, 3.63) is 30.2 Å². The summed E-state index contributed by atoms with van der Waals surface area (Å²) in [7, 11) is 0. The van der Waals surface area contributed by atoms with Gasteiger partial charge in [0.1, 0.15) is 0 Å². The summed E-state index contributed by atoms with van der Waals surface area (Å²) < 4.78 is 35.3. The fourth-order valence-electron chi connectivity index (χ4n) is 0.589. The van der Waals surface area contributed by atoms with Gasteiger partial charge in [0.15, 0.2) is 0 Å². The Morgan fingerprint density at radius 3 is 2.40 bits per heavy atom. The molecule has 1 rings (SSSR count). The Kier molecular flexibility index (Phi) is 1.83. The van der Waals surface area contributed by atoms with Gasteiger partial charge < -0.3 is 0 Å². The van der Waals surface area contributed by atoms with Crippen LogP contribution in [0.3, 0.4) is 0 Å². The predicted molar refractivity (Wildman–Crippen MR) is 29.8 cm³/mol. The smallest absolute Gasteiger partial charge is 0.166 e. The molecule has 0 spiro atoms. The second-order valence-electron chi connectivity index (χ2n) is 1.82. The molecule has 0 aromatic carbocycles. The van der Waals surface area contributed by atoms with Crippen LogP contribution in [0.15, 0.2) is 17.7 Å². The molecule has 0 aromatic heterocycles. The van der Waals surface area contributed by atoms with Crippen molar-refractivity contribution in [2.45, 2.75) is 12.6 Å². The van der Waals surface area contributed by atoms with Crippen molar-refractivity contribution in [2.75, 3.05) is 0 Å².